The molecule has 0 aliphatic carbocycles. The highest BCUT2D eigenvalue weighted by atomic mass is 35.5. The first-order valence-corrected chi connectivity index (χ1v) is 7.68. The lowest BCUT2D eigenvalue weighted by Gasteiger charge is -2.38. The van der Waals surface area contributed by atoms with Crippen molar-refractivity contribution in [3.05, 3.63) is 11.2 Å². The van der Waals surface area contributed by atoms with Crippen molar-refractivity contribution >= 4 is 17.4 Å². The van der Waals surface area contributed by atoms with Gasteiger partial charge in [-0.2, -0.15) is 4.98 Å². The smallest absolute Gasteiger partial charge is 0.318 e. The second kappa shape index (κ2) is 5.74. The molecule has 1 aromatic rings. The van der Waals surface area contributed by atoms with E-state index in [1.165, 1.54) is 12.8 Å². The summed E-state index contributed by atoms with van der Waals surface area (Å²) in [6, 6.07) is 2.17. The molecular weight excluding hydrogens is 276 g/mol. The Bertz CT molecular complexity index is 472. The van der Waals surface area contributed by atoms with Gasteiger partial charge in [-0.25, -0.2) is 4.98 Å². The maximum Gasteiger partial charge on any atom is 0.318 e. The third kappa shape index (κ3) is 2.56. The van der Waals surface area contributed by atoms with Crippen LogP contribution in [0.5, 0.6) is 6.01 Å². The monoisotopic (exact) mass is 296 g/mol. The Labute approximate surface area is 124 Å². The second-order valence-electron chi connectivity index (χ2n) is 5.58. The maximum atomic E-state index is 6.30. The van der Waals surface area contributed by atoms with Crippen LogP contribution >= 0.6 is 11.6 Å². The molecule has 2 bridgehead atoms. The predicted molar refractivity (Wildman–Crippen MR) is 79.6 cm³/mol. The molecule has 2 aliphatic rings. The van der Waals surface area contributed by atoms with Crippen LogP contribution in [0, 0.1) is 0 Å². The van der Waals surface area contributed by atoms with Crippen molar-refractivity contribution in [3.63, 3.8) is 0 Å². The molecule has 20 heavy (non-hydrogen) atoms. The zero-order valence-corrected chi connectivity index (χ0v) is 12.7. The number of piperidine rings is 1. The fourth-order valence-corrected chi connectivity index (χ4v) is 3.70. The molecule has 2 saturated heterocycles. The van der Waals surface area contributed by atoms with Gasteiger partial charge in [-0.3, -0.25) is 0 Å². The minimum atomic E-state index is 0.375. The Morgan fingerprint density at radius 1 is 1.40 bits per heavy atom. The average molecular weight is 297 g/mol. The van der Waals surface area contributed by atoms with Crippen LogP contribution in [0.1, 0.15) is 32.6 Å². The molecule has 3 heterocycles. The van der Waals surface area contributed by atoms with Crippen LogP contribution in [0.4, 0.5) is 5.82 Å². The Kier molecular flexibility index (Phi) is 3.98. The number of hydrogen-bond acceptors (Lipinski definition) is 5. The van der Waals surface area contributed by atoms with Gasteiger partial charge in [-0.1, -0.05) is 11.6 Å². The summed E-state index contributed by atoms with van der Waals surface area (Å²) < 4.78 is 5.13. The SMILES string of the molecule is CCN(c1nc(OC)ncc1Cl)C1CC2CCC(C1)N2. The van der Waals surface area contributed by atoms with Crippen LogP contribution in [-0.4, -0.2) is 41.7 Å². The largest absolute Gasteiger partial charge is 0.467 e. The van der Waals surface area contributed by atoms with Crippen molar-refractivity contribution in [1.82, 2.24) is 15.3 Å². The number of ether oxygens (including phenoxy) is 1. The highest BCUT2D eigenvalue weighted by Gasteiger charge is 2.36. The molecule has 1 N–H and O–H groups in total. The lowest BCUT2D eigenvalue weighted by Crippen LogP contribution is -2.48. The van der Waals surface area contributed by atoms with Crippen molar-refractivity contribution in [2.24, 2.45) is 0 Å². The minimum Gasteiger partial charge on any atom is -0.467 e. The molecule has 110 valence electrons. The Balaban J connectivity index is 1.86. The number of rotatable bonds is 4. The average Bonchev–Trinajstić information content (AvgIpc) is 2.80. The summed E-state index contributed by atoms with van der Waals surface area (Å²) in [5.74, 6) is 0.798. The Hall–Kier alpha value is -1.07. The van der Waals surface area contributed by atoms with E-state index in [0.29, 0.717) is 29.2 Å². The molecule has 6 heteroatoms. The molecule has 0 amide bonds. The number of nitrogens with one attached hydrogen (secondary N) is 1. The maximum absolute atomic E-state index is 6.30. The van der Waals surface area contributed by atoms with E-state index >= 15 is 0 Å². The summed E-state index contributed by atoms with van der Waals surface area (Å²) in [5.41, 5.74) is 0. The molecule has 1 aromatic heterocycles. The lowest BCUT2D eigenvalue weighted by molar-refractivity contribution is 0.345. The number of methoxy groups -OCH3 is 1. The van der Waals surface area contributed by atoms with Crippen LogP contribution in [-0.2, 0) is 0 Å². The summed E-state index contributed by atoms with van der Waals surface area (Å²) >= 11 is 6.30. The van der Waals surface area contributed by atoms with Gasteiger partial charge in [-0.05, 0) is 32.6 Å². The molecule has 0 saturated carbocycles. The first kappa shape index (κ1) is 13.9. The van der Waals surface area contributed by atoms with Gasteiger partial charge in [0.2, 0.25) is 0 Å². The molecule has 2 atom stereocenters. The van der Waals surface area contributed by atoms with Gasteiger partial charge < -0.3 is 15.0 Å². The number of anilines is 1. The molecule has 0 aromatic carbocycles. The van der Waals surface area contributed by atoms with Crippen LogP contribution < -0.4 is 15.0 Å². The number of aromatic nitrogens is 2. The van der Waals surface area contributed by atoms with Gasteiger partial charge in [0.15, 0.2) is 5.82 Å². The normalized spacial score (nSPS) is 28.4. The summed E-state index contributed by atoms with van der Waals surface area (Å²) in [6.07, 6.45) is 6.53. The molecular formula is C14H21ClN4O. The van der Waals surface area contributed by atoms with Crippen LogP contribution in [0.25, 0.3) is 0 Å². The van der Waals surface area contributed by atoms with Gasteiger partial charge >= 0.3 is 6.01 Å². The van der Waals surface area contributed by atoms with E-state index in [9.17, 15) is 0 Å². The van der Waals surface area contributed by atoms with Gasteiger partial charge in [-0.15, -0.1) is 0 Å². The Morgan fingerprint density at radius 2 is 2.10 bits per heavy atom. The fourth-order valence-electron chi connectivity index (χ4n) is 3.50. The molecule has 2 unspecified atom stereocenters. The number of fused-ring (bicyclic) bond motifs is 2. The van der Waals surface area contributed by atoms with E-state index in [1.54, 1.807) is 13.3 Å². The predicted octanol–water partition coefficient (Wildman–Crippen LogP) is 2.25. The second-order valence-corrected chi connectivity index (χ2v) is 5.98. The van der Waals surface area contributed by atoms with E-state index in [2.05, 4.69) is 27.1 Å². The van der Waals surface area contributed by atoms with Gasteiger partial charge in [0, 0.05) is 24.7 Å². The van der Waals surface area contributed by atoms with Crippen molar-refractivity contribution in [3.8, 4) is 6.01 Å². The zero-order chi connectivity index (χ0) is 14.1. The highest BCUT2D eigenvalue weighted by molar-refractivity contribution is 6.32. The van der Waals surface area contributed by atoms with E-state index in [-0.39, 0.29) is 0 Å². The number of nitrogens with zero attached hydrogens (tertiary/aromatic N) is 3. The van der Waals surface area contributed by atoms with E-state index in [1.807, 2.05) is 0 Å². The van der Waals surface area contributed by atoms with E-state index in [0.717, 1.165) is 25.2 Å². The first-order chi connectivity index (χ1) is 9.71. The van der Waals surface area contributed by atoms with E-state index < -0.39 is 0 Å². The van der Waals surface area contributed by atoms with Crippen molar-refractivity contribution in [1.29, 1.82) is 0 Å². The first-order valence-electron chi connectivity index (χ1n) is 7.30. The fraction of sp³-hybridized carbons (Fsp3) is 0.714. The molecule has 0 radical (unpaired) electrons. The standard InChI is InChI=1S/C14H21ClN4O/c1-3-19(11-6-9-4-5-10(7-11)17-9)13-12(15)8-16-14(18-13)20-2/h8-11,17H,3-7H2,1-2H3. The quantitative estimate of drug-likeness (QED) is 0.923. The van der Waals surface area contributed by atoms with Gasteiger partial charge in [0.1, 0.15) is 5.02 Å². The topological polar surface area (TPSA) is 50.3 Å². The number of halogens is 1. The van der Waals surface area contributed by atoms with Gasteiger partial charge in [0.25, 0.3) is 0 Å². The van der Waals surface area contributed by atoms with E-state index in [4.69, 9.17) is 16.3 Å². The molecule has 3 rings (SSSR count). The van der Waals surface area contributed by atoms with Crippen LogP contribution in [0.3, 0.4) is 0 Å². The van der Waals surface area contributed by atoms with Crippen molar-refractivity contribution in [2.45, 2.75) is 50.7 Å². The van der Waals surface area contributed by atoms with Crippen molar-refractivity contribution in [2.75, 3.05) is 18.6 Å². The molecule has 2 aliphatic heterocycles. The molecule has 2 fully saturated rings. The number of hydrogen-bond donors (Lipinski definition) is 1. The summed E-state index contributed by atoms with van der Waals surface area (Å²) in [4.78, 5) is 10.8. The van der Waals surface area contributed by atoms with Crippen LogP contribution in [0.15, 0.2) is 6.20 Å². The highest BCUT2D eigenvalue weighted by Crippen LogP contribution is 2.34. The third-order valence-corrected chi connectivity index (χ3v) is 4.65. The Morgan fingerprint density at radius 3 is 2.70 bits per heavy atom. The molecule has 5 nitrogen and oxygen atoms in total. The zero-order valence-electron chi connectivity index (χ0n) is 12.0. The third-order valence-electron chi connectivity index (χ3n) is 4.39. The summed E-state index contributed by atoms with van der Waals surface area (Å²) in [6.45, 7) is 3.04. The molecule has 0 spiro atoms. The van der Waals surface area contributed by atoms with Gasteiger partial charge in [0.05, 0.1) is 13.3 Å². The summed E-state index contributed by atoms with van der Waals surface area (Å²) in [5, 5.41) is 4.27. The van der Waals surface area contributed by atoms with Crippen LogP contribution in [0.2, 0.25) is 5.02 Å². The van der Waals surface area contributed by atoms with Crippen molar-refractivity contribution < 1.29 is 4.74 Å². The minimum absolute atomic E-state index is 0.375. The lowest BCUT2D eigenvalue weighted by atomic mass is 9.98. The summed E-state index contributed by atoms with van der Waals surface area (Å²) in [7, 11) is 1.58.